The van der Waals surface area contributed by atoms with E-state index in [4.69, 9.17) is 15.5 Å². The summed E-state index contributed by atoms with van der Waals surface area (Å²) in [5.41, 5.74) is 10.5. The van der Waals surface area contributed by atoms with Gasteiger partial charge in [-0.25, -0.2) is 4.98 Å². The van der Waals surface area contributed by atoms with Crippen LogP contribution in [0.5, 0.6) is 5.75 Å². The van der Waals surface area contributed by atoms with Crippen molar-refractivity contribution in [1.29, 1.82) is 0 Å². The zero-order valence-corrected chi connectivity index (χ0v) is 12.6. The second kappa shape index (κ2) is 5.74. The fourth-order valence-electron chi connectivity index (χ4n) is 2.86. The standard InChI is InChI=1S/C17H21N3O/c1-12-9-13(2)19-17(15(12)10-18)20-7-8-21-16-6-4-3-5-14(16)11-20/h3-6,9H,7-8,10-11,18H2,1-2H3. The van der Waals surface area contributed by atoms with Crippen molar-refractivity contribution in [3.05, 3.63) is 52.7 Å². The number of fused-ring (bicyclic) bond motifs is 1. The SMILES string of the molecule is Cc1cc(C)c(CN)c(N2CCOc3ccccc3C2)n1. The third kappa shape index (κ3) is 2.72. The Kier molecular flexibility index (Phi) is 3.80. The summed E-state index contributed by atoms with van der Waals surface area (Å²) in [4.78, 5) is 7.01. The van der Waals surface area contributed by atoms with E-state index in [0.29, 0.717) is 13.2 Å². The quantitative estimate of drug-likeness (QED) is 0.920. The van der Waals surface area contributed by atoms with Gasteiger partial charge in [0, 0.05) is 29.9 Å². The Balaban J connectivity index is 2.01. The number of hydrogen-bond donors (Lipinski definition) is 1. The number of pyridine rings is 1. The van der Waals surface area contributed by atoms with E-state index < -0.39 is 0 Å². The number of nitrogens with two attached hydrogens (primary N) is 1. The molecule has 2 N–H and O–H groups in total. The normalized spacial score (nSPS) is 14.3. The number of nitrogens with zero attached hydrogens (tertiary/aromatic N) is 2. The van der Waals surface area contributed by atoms with E-state index in [1.54, 1.807) is 0 Å². The average molecular weight is 283 g/mol. The van der Waals surface area contributed by atoms with Crippen molar-refractivity contribution in [3.8, 4) is 5.75 Å². The van der Waals surface area contributed by atoms with Gasteiger partial charge in [-0.1, -0.05) is 18.2 Å². The molecule has 0 spiro atoms. The molecule has 0 saturated heterocycles. The lowest BCUT2D eigenvalue weighted by Crippen LogP contribution is -2.28. The molecule has 0 saturated carbocycles. The molecule has 2 aromatic rings. The minimum absolute atomic E-state index is 0.507. The van der Waals surface area contributed by atoms with Crippen LogP contribution in [0.2, 0.25) is 0 Å². The second-order valence-electron chi connectivity index (χ2n) is 5.46. The van der Waals surface area contributed by atoms with Crippen LogP contribution in [0.15, 0.2) is 30.3 Å². The van der Waals surface area contributed by atoms with Crippen LogP contribution in [0.4, 0.5) is 5.82 Å². The monoisotopic (exact) mass is 283 g/mol. The number of para-hydroxylation sites is 1. The highest BCUT2D eigenvalue weighted by Crippen LogP contribution is 2.28. The molecule has 0 atom stereocenters. The molecular weight excluding hydrogens is 262 g/mol. The largest absolute Gasteiger partial charge is 0.491 e. The van der Waals surface area contributed by atoms with E-state index in [0.717, 1.165) is 35.9 Å². The predicted molar refractivity (Wildman–Crippen MR) is 84.6 cm³/mol. The van der Waals surface area contributed by atoms with Crippen molar-refractivity contribution in [2.75, 3.05) is 18.1 Å². The summed E-state index contributed by atoms with van der Waals surface area (Å²) in [5.74, 6) is 1.97. The number of benzene rings is 1. The number of aryl methyl sites for hydroxylation is 2. The van der Waals surface area contributed by atoms with Crippen LogP contribution in [0.1, 0.15) is 22.4 Å². The minimum Gasteiger partial charge on any atom is -0.491 e. The first-order chi connectivity index (χ1) is 10.2. The molecule has 0 unspecified atom stereocenters. The topological polar surface area (TPSA) is 51.4 Å². The summed E-state index contributed by atoms with van der Waals surface area (Å²) in [6.45, 7) is 6.92. The first kappa shape index (κ1) is 13.9. The molecule has 0 amide bonds. The highest BCUT2D eigenvalue weighted by Gasteiger charge is 2.19. The molecule has 1 aliphatic rings. The Morgan fingerprint density at radius 2 is 2.10 bits per heavy atom. The van der Waals surface area contributed by atoms with Crippen molar-refractivity contribution in [3.63, 3.8) is 0 Å². The molecule has 0 aliphatic carbocycles. The van der Waals surface area contributed by atoms with Gasteiger partial charge in [-0.15, -0.1) is 0 Å². The Morgan fingerprint density at radius 3 is 2.90 bits per heavy atom. The third-order valence-corrected chi connectivity index (χ3v) is 3.91. The summed E-state index contributed by atoms with van der Waals surface area (Å²) < 4.78 is 5.83. The van der Waals surface area contributed by atoms with E-state index in [9.17, 15) is 0 Å². The van der Waals surface area contributed by atoms with Crippen molar-refractivity contribution >= 4 is 5.82 Å². The summed E-state index contributed by atoms with van der Waals surface area (Å²) in [5, 5.41) is 0. The lowest BCUT2D eigenvalue weighted by Gasteiger charge is -2.25. The van der Waals surface area contributed by atoms with Gasteiger partial charge in [-0.3, -0.25) is 0 Å². The van der Waals surface area contributed by atoms with Gasteiger partial charge in [-0.05, 0) is 31.5 Å². The molecule has 1 aromatic carbocycles. The predicted octanol–water partition coefficient (Wildman–Crippen LogP) is 2.56. The Labute approximate surface area is 125 Å². The van der Waals surface area contributed by atoms with Crippen LogP contribution < -0.4 is 15.4 Å². The molecule has 0 radical (unpaired) electrons. The van der Waals surface area contributed by atoms with Gasteiger partial charge in [0.2, 0.25) is 0 Å². The molecule has 3 rings (SSSR count). The van der Waals surface area contributed by atoms with E-state index in [2.05, 4.69) is 24.0 Å². The van der Waals surface area contributed by atoms with E-state index in [-0.39, 0.29) is 0 Å². The van der Waals surface area contributed by atoms with Gasteiger partial charge in [0.25, 0.3) is 0 Å². The van der Waals surface area contributed by atoms with Gasteiger partial charge in [-0.2, -0.15) is 0 Å². The number of hydrogen-bond acceptors (Lipinski definition) is 4. The molecule has 2 heterocycles. The van der Waals surface area contributed by atoms with E-state index >= 15 is 0 Å². The molecule has 0 fully saturated rings. The van der Waals surface area contributed by atoms with Crippen LogP contribution in [-0.4, -0.2) is 18.1 Å². The van der Waals surface area contributed by atoms with Gasteiger partial charge in [0.05, 0.1) is 6.54 Å². The molecule has 1 aromatic heterocycles. The maximum atomic E-state index is 5.94. The number of anilines is 1. The molecule has 21 heavy (non-hydrogen) atoms. The van der Waals surface area contributed by atoms with Crippen molar-refractivity contribution in [2.45, 2.75) is 26.9 Å². The number of aromatic nitrogens is 1. The van der Waals surface area contributed by atoms with Crippen LogP contribution in [0.3, 0.4) is 0 Å². The van der Waals surface area contributed by atoms with Crippen LogP contribution >= 0.6 is 0 Å². The first-order valence-corrected chi connectivity index (χ1v) is 7.32. The van der Waals surface area contributed by atoms with Gasteiger partial charge < -0.3 is 15.4 Å². The van der Waals surface area contributed by atoms with Gasteiger partial charge in [0.15, 0.2) is 0 Å². The molecule has 4 heteroatoms. The molecule has 1 aliphatic heterocycles. The molecule has 110 valence electrons. The summed E-state index contributed by atoms with van der Waals surface area (Å²) in [6.07, 6.45) is 0. The van der Waals surface area contributed by atoms with Crippen LogP contribution in [0.25, 0.3) is 0 Å². The van der Waals surface area contributed by atoms with E-state index in [1.165, 1.54) is 11.1 Å². The number of rotatable bonds is 2. The van der Waals surface area contributed by atoms with Crippen LogP contribution in [0, 0.1) is 13.8 Å². The van der Waals surface area contributed by atoms with Crippen LogP contribution in [-0.2, 0) is 13.1 Å². The fourth-order valence-corrected chi connectivity index (χ4v) is 2.86. The minimum atomic E-state index is 0.507. The Morgan fingerprint density at radius 1 is 1.29 bits per heavy atom. The van der Waals surface area contributed by atoms with Gasteiger partial charge in [0.1, 0.15) is 18.2 Å². The van der Waals surface area contributed by atoms with Crippen molar-refractivity contribution < 1.29 is 4.74 Å². The highest BCUT2D eigenvalue weighted by atomic mass is 16.5. The molecule has 4 nitrogen and oxygen atoms in total. The molecule has 0 bridgehead atoms. The fraction of sp³-hybridized carbons (Fsp3) is 0.353. The highest BCUT2D eigenvalue weighted by molar-refractivity contribution is 5.53. The zero-order chi connectivity index (χ0) is 14.8. The maximum Gasteiger partial charge on any atom is 0.134 e. The summed E-state index contributed by atoms with van der Waals surface area (Å²) in [7, 11) is 0. The van der Waals surface area contributed by atoms with Crippen molar-refractivity contribution in [2.24, 2.45) is 5.73 Å². The second-order valence-corrected chi connectivity index (χ2v) is 5.46. The first-order valence-electron chi connectivity index (χ1n) is 7.32. The Bertz CT molecular complexity index is 654. The smallest absolute Gasteiger partial charge is 0.134 e. The lowest BCUT2D eigenvalue weighted by molar-refractivity contribution is 0.331. The molecular formula is C17H21N3O. The Hall–Kier alpha value is -2.07. The lowest BCUT2D eigenvalue weighted by atomic mass is 10.1. The zero-order valence-electron chi connectivity index (χ0n) is 12.6. The third-order valence-electron chi connectivity index (χ3n) is 3.91. The maximum absolute atomic E-state index is 5.94. The average Bonchev–Trinajstić information content (AvgIpc) is 2.68. The summed E-state index contributed by atoms with van der Waals surface area (Å²) >= 11 is 0. The van der Waals surface area contributed by atoms with Gasteiger partial charge >= 0.3 is 0 Å². The summed E-state index contributed by atoms with van der Waals surface area (Å²) in [6, 6.07) is 10.3. The van der Waals surface area contributed by atoms with Crippen molar-refractivity contribution in [1.82, 2.24) is 4.98 Å². The van der Waals surface area contributed by atoms with E-state index in [1.807, 2.05) is 25.1 Å². The number of ether oxygens (including phenoxy) is 1.